The Morgan fingerprint density at radius 2 is 2.00 bits per heavy atom. The molecule has 2 amide bonds. The van der Waals surface area contributed by atoms with Crippen LogP contribution < -0.4 is 10.1 Å². The molecule has 1 atom stereocenters. The van der Waals surface area contributed by atoms with E-state index in [9.17, 15) is 14.0 Å². The fourth-order valence-corrected chi connectivity index (χ4v) is 4.73. The third-order valence-electron chi connectivity index (χ3n) is 5.97. The molecule has 0 aliphatic carbocycles. The van der Waals surface area contributed by atoms with Gasteiger partial charge < -0.3 is 15.0 Å². The molecule has 2 aromatic carbocycles. The second-order valence-electron chi connectivity index (χ2n) is 8.31. The summed E-state index contributed by atoms with van der Waals surface area (Å²) in [6, 6.07) is 10.5. The fraction of sp³-hybridized carbons (Fsp3) is 0.391. The Morgan fingerprint density at radius 3 is 2.75 bits per heavy atom. The molecule has 2 heterocycles. The maximum atomic E-state index is 13.8. The summed E-state index contributed by atoms with van der Waals surface area (Å²) in [7, 11) is 3.20. The van der Waals surface area contributed by atoms with Crippen LogP contribution in [0.2, 0.25) is 0 Å². The van der Waals surface area contributed by atoms with E-state index in [0.717, 1.165) is 22.2 Å². The largest absolute Gasteiger partial charge is 0.494 e. The number of halogens is 1. The number of benzene rings is 2. The van der Waals surface area contributed by atoms with E-state index in [1.54, 1.807) is 24.1 Å². The molecule has 4 rings (SSSR count). The number of amides is 2. The first-order chi connectivity index (χ1) is 15.4. The van der Waals surface area contributed by atoms with Crippen molar-refractivity contribution in [3.63, 3.8) is 0 Å². The molecule has 0 bridgehead atoms. The first-order valence-electron chi connectivity index (χ1n) is 10.5. The molecule has 0 spiro atoms. The van der Waals surface area contributed by atoms with Crippen molar-refractivity contribution in [2.45, 2.75) is 44.2 Å². The average molecular weight is 457 g/mol. The maximum absolute atomic E-state index is 13.8. The molecular formula is C23H25FN4O3S. The van der Waals surface area contributed by atoms with Crippen molar-refractivity contribution in [3.8, 4) is 5.75 Å². The van der Waals surface area contributed by atoms with Gasteiger partial charge in [-0.15, -0.1) is 0 Å². The number of nitrogens with one attached hydrogen (secondary N) is 1. The average Bonchev–Trinajstić information content (AvgIpc) is 3.39. The van der Waals surface area contributed by atoms with Crippen LogP contribution in [0.5, 0.6) is 5.75 Å². The summed E-state index contributed by atoms with van der Waals surface area (Å²) in [5.41, 5.74) is 3.00. The highest BCUT2D eigenvalue weighted by Crippen LogP contribution is 2.31. The van der Waals surface area contributed by atoms with Crippen LogP contribution in [-0.4, -0.2) is 45.2 Å². The van der Waals surface area contributed by atoms with Gasteiger partial charge in [0, 0.05) is 32.0 Å². The Hall–Kier alpha value is -3.07. The summed E-state index contributed by atoms with van der Waals surface area (Å²) in [6.07, 6.45) is 2.38. The Balaban J connectivity index is 1.41. The molecule has 1 aromatic heterocycles. The highest BCUT2D eigenvalue weighted by molar-refractivity contribution is 7.00. The van der Waals surface area contributed by atoms with Gasteiger partial charge in [-0.1, -0.05) is 12.1 Å². The Kier molecular flexibility index (Phi) is 6.36. The number of carbonyl (C=O) groups excluding carboxylic acids is 2. The molecule has 1 aliphatic rings. The number of aromatic nitrogens is 2. The smallest absolute Gasteiger partial charge is 0.222 e. The van der Waals surface area contributed by atoms with Crippen LogP contribution in [0.25, 0.3) is 11.0 Å². The molecule has 9 heteroatoms. The summed E-state index contributed by atoms with van der Waals surface area (Å²) in [6.45, 7) is 0.473. The zero-order chi connectivity index (χ0) is 22.7. The third-order valence-corrected chi connectivity index (χ3v) is 6.53. The van der Waals surface area contributed by atoms with Crippen LogP contribution in [0.3, 0.4) is 0 Å². The summed E-state index contributed by atoms with van der Waals surface area (Å²) in [5, 5.41) is 3.07. The summed E-state index contributed by atoms with van der Waals surface area (Å²) in [4.78, 5) is 26.6. The lowest BCUT2D eigenvalue weighted by molar-refractivity contribution is -0.131. The summed E-state index contributed by atoms with van der Waals surface area (Å²) >= 11 is 1.17. The van der Waals surface area contributed by atoms with Gasteiger partial charge in [-0.3, -0.25) is 9.59 Å². The van der Waals surface area contributed by atoms with Crippen LogP contribution >= 0.6 is 11.7 Å². The fourth-order valence-electron chi connectivity index (χ4n) is 4.21. The predicted molar refractivity (Wildman–Crippen MR) is 120 cm³/mol. The summed E-state index contributed by atoms with van der Waals surface area (Å²) in [5.74, 6) is -0.280. The SMILES string of the molecule is COc1cc(CC2(CCC(=O)N(C)Cc3ccc4nsnc4c3)CCC(=O)N2)ccc1F. The number of fused-ring (bicyclic) bond motifs is 1. The third kappa shape index (κ3) is 4.88. The van der Waals surface area contributed by atoms with E-state index in [2.05, 4.69) is 14.1 Å². The number of carbonyl (C=O) groups is 2. The van der Waals surface area contributed by atoms with Crippen molar-refractivity contribution in [1.29, 1.82) is 0 Å². The lowest BCUT2D eigenvalue weighted by Crippen LogP contribution is -2.44. The van der Waals surface area contributed by atoms with E-state index < -0.39 is 11.4 Å². The Labute approximate surface area is 189 Å². The highest BCUT2D eigenvalue weighted by atomic mass is 32.1. The molecule has 1 unspecified atom stereocenters. The van der Waals surface area contributed by atoms with Gasteiger partial charge in [0.1, 0.15) is 11.0 Å². The van der Waals surface area contributed by atoms with E-state index in [0.29, 0.717) is 38.6 Å². The van der Waals surface area contributed by atoms with Crippen molar-refractivity contribution in [1.82, 2.24) is 19.0 Å². The Bertz CT molecular complexity index is 1150. The predicted octanol–water partition coefficient (Wildman–Crippen LogP) is 3.47. The maximum Gasteiger partial charge on any atom is 0.222 e. The van der Waals surface area contributed by atoms with Crippen LogP contribution in [0.4, 0.5) is 4.39 Å². The van der Waals surface area contributed by atoms with Gasteiger partial charge in [-0.05, 0) is 54.7 Å². The van der Waals surface area contributed by atoms with Gasteiger partial charge in [0.15, 0.2) is 11.6 Å². The molecule has 32 heavy (non-hydrogen) atoms. The molecule has 1 fully saturated rings. The van der Waals surface area contributed by atoms with Gasteiger partial charge in [-0.2, -0.15) is 8.75 Å². The van der Waals surface area contributed by atoms with Crippen molar-refractivity contribution in [3.05, 3.63) is 53.3 Å². The number of nitrogens with zero attached hydrogens (tertiary/aromatic N) is 3. The van der Waals surface area contributed by atoms with E-state index in [-0.39, 0.29) is 17.6 Å². The van der Waals surface area contributed by atoms with Gasteiger partial charge in [0.05, 0.1) is 18.8 Å². The topological polar surface area (TPSA) is 84.4 Å². The van der Waals surface area contributed by atoms with Gasteiger partial charge >= 0.3 is 0 Å². The van der Waals surface area contributed by atoms with Crippen LogP contribution in [-0.2, 0) is 22.6 Å². The highest BCUT2D eigenvalue weighted by Gasteiger charge is 2.38. The minimum Gasteiger partial charge on any atom is -0.494 e. The number of rotatable bonds is 8. The zero-order valence-electron chi connectivity index (χ0n) is 18.1. The first kappa shape index (κ1) is 22.1. The van der Waals surface area contributed by atoms with Crippen molar-refractivity contribution in [2.24, 2.45) is 0 Å². The molecule has 0 saturated carbocycles. The number of ether oxygens (including phenoxy) is 1. The lowest BCUT2D eigenvalue weighted by Gasteiger charge is -2.30. The molecule has 7 nitrogen and oxygen atoms in total. The second kappa shape index (κ2) is 9.20. The van der Waals surface area contributed by atoms with Crippen LogP contribution in [0.15, 0.2) is 36.4 Å². The number of hydrogen-bond donors (Lipinski definition) is 1. The molecule has 3 aromatic rings. The van der Waals surface area contributed by atoms with E-state index in [1.165, 1.54) is 24.9 Å². The minimum absolute atomic E-state index is 0.00119. The van der Waals surface area contributed by atoms with E-state index in [4.69, 9.17) is 4.74 Å². The standard InChI is InChI=1S/C23H25FN4O3S/c1-28(14-16-4-6-18-19(11-16)27-32-26-18)22(30)8-10-23(9-7-21(29)25-23)13-15-3-5-17(24)20(12-15)31-2/h3-6,11-12H,7-10,13-14H2,1-2H3,(H,25,29). The molecule has 1 aliphatic heterocycles. The zero-order valence-corrected chi connectivity index (χ0v) is 18.9. The molecule has 1 saturated heterocycles. The normalized spacial score (nSPS) is 18.0. The lowest BCUT2D eigenvalue weighted by atomic mass is 9.84. The van der Waals surface area contributed by atoms with Gasteiger partial charge in [0.25, 0.3) is 0 Å². The Morgan fingerprint density at radius 1 is 1.22 bits per heavy atom. The molecular weight excluding hydrogens is 431 g/mol. The summed E-state index contributed by atoms with van der Waals surface area (Å²) < 4.78 is 27.3. The number of hydrogen-bond acceptors (Lipinski definition) is 6. The molecule has 168 valence electrons. The quantitative estimate of drug-likeness (QED) is 0.561. The van der Waals surface area contributed by atoms with Crippen molar-refractivity contribution in [2.75, 3.05) is 14.2 Å². The van der Waals surface area contributed by atoms with Crippen LogP contribution in [0, 0.1) is 5.82 Å². The molecule has 0 radical (unpaired) electrons. The monoisotopic (exact) mass is 456 g/mol. The first-order valence-corrected chi connectivity index (χ1v) is 11.2. The van der Waals surface area contributed by atoms with Crippen molar-refractivity contribution < 1.29 is 18.7 Å². The van der Waals surface area contributed by atoms with E-state index in [1.807, 2.05) is 18.2 Å². The second-order valence-corrected chi connectivity index (χ2v) is 8.84. The minimum atomic E-state index is -0.526. The van der Waals surface area contributed by atoms with Crippen LogP contribution in [0.1, 0.15) is 36.8 Å². The molecule has 1 N–H and O–H groups in total. The van der Waals surface area contributed by atoms with E-state index >= 15 is 0 Å². The number of methoxy groups -OCH3 is 1. The van der Waals surface area contributed by atoms with Gasteiger partial charge in [0.2, 0.25) is 11.8 Å². The van der Waals surface area contributed by atoms with Crippen molar-refractivity contribution >= 4 is 34.6 Å². The van der Waals surface area contributed by atoms with Gasteiger partial charge in [-0.25, -0.2) is 4.39 Å².